The molecule has 6 heteroatoms. The van der Waals surface area contributed by atoms with Crippen LogP contribution in [0.5, 0.6) is 11.5 Å². The van der Waals surface area contributed by atoms with Crippen molar-refractivity contribution < 1.29 is 24.2 Å². The highest BCUT2D eigenvalue weighted by atomic mass is 16.5. The summed E-state index contributed by atoms with van der Waals surface area (Å²) in [7, 11) is 1.56. The van der Waals surface area contributed by atoms with Gasteiger partial charge in [-0.1, -0.05) is 48.5 Å². The monoisotopic (exact) mass is 379 g/mol. The van der Waals surface area contributed by atoms with Gasteiger partial charge in [-0.2, -0.15) is 0 Å². The van der Waals surface area contributed by atoms with Crippen LogP contribution in [0.1, 0.15) is 22.8 Å². The zero-order chi connectivity index (χ0) is 20.1. The van der Waals surface area contributed by atoms with E-state index in [0.29, 0.717) is 11.1 Å². The van der Waals surface area contributed by atoms with Crippen molar-refractivity contribution in [3.8, 4) is 11.5 Å². The molecule has 0 radical (unpaired) electrons. The van der Waals surface area contributed by atoms with E-state index in [1.807, 2.05) is 30.3 Å². The van der Waals surface area contributed by atoms with Gasteiger partial charge in [-0.05, 0) is 24.4 Å². The van der Waals surface area contributed by atoms with E-state index in [1.54, 1.807) is 31.4 Å². The fourth-order valence-corrected chi connectivity index (χ4v) is 2.87. The van der Waals surface area contributed by atoms with Crippen LogP contribution in [0.15, 0.2) is 60.7 Å². The van der Waals surface area contributed by atoms with Crippen LogP contribution in [0.2, 0.25) is 0 Å². The topological polar surface area (TPSA) is 84.9 Å². The summed E-state index contributed by atoms with van der Waals surface area (Å²) in [4.78, 5) is 24.7. The Hall–Kier alpha value is -3.54. The molecule has 3 rings (SSSR count). The predicted molar refractivity (Wildman–Crippen MR) is 105 cm³/mol. The van der Waals surface area contributed by atoms with Crippen LogP contribution in [0.4, 0.5) is 0 Å². The van der Waals surface area contributed by atoms with Crippen LogP contribution in [-0.4, -0.2) is 30.2 Å². The standard InChI is InChI=1S/C22H21NO5/c1-14(21(25)23-13-16-8-4-6-10-19(16)27-2)28-22(26)18-12-11-15-7-3-5-9-17(15)20(18)24/h3-12,14,24H,13H2,1-2H3,(H,23,25)/t14-/m1/s1. The minimum atomic E-state index is -1.02. The Kier molecular flexibility index (Phi) is 5.79. The van der Waals surface area contributed by atoms with Crippen molar-refractivity contribution >= 4 is 22.6 Å². The lowest BCUT2D eigenvalue weighted by atomic mass is 10.1. The van der Waals surface area contributed by atoms with Crippen molar-refractivity contribution in [2.45, 2.75) is 19.6 Å². The van der Waals surface area contributed by atoms with E-state index >= 15 is 0 Å². The maximum atomic E-state index is 12.4. The summed E-state index contributed by atoms with van der Waals surface area (Å²) in [5, 5.41) is 14.4. The van der Waals surface area contributed by atoms with E-state index in [0.717, 1.165) is 10.9 Å². The first-order chi connectivity index (χ1) is 13.5. The largest absolute Gasteiger partial charge is 0.506 e. The van der Waals surface area contributed by atoms with E-state index in [2.05, 4.69) is 5.32 Å². The summed E-state index contributed by atoms with van der Waals surface area (Å²) in [6.45, 7) is 1.72. The number of phenolic OH excluding ortho intramolecular Hbond substituents is 1. The molecule has 0 saturated heterocycles. The van der Waals surface area contributed by atoms with Crippen molar-refractivity contribution in [2.75, 3.05) is 7.11 Å². The van der Waals surface area contributed by atoms with Gasteiger partial charge in [0.25, 0.3) is 5.91 Å². The highest BCUT2D eigenvalue weighted by molar-refractivity contribution is 6.01. The van der Waals surface area contributed by atoms with E-state index in [4.69, 9.17) is 9.47 Å². The first-order valence-corrected chi connectivity index (χ1v) is 8.82. The summed E-state index contributed by atoms with van der Waals surface area (Å²) in [5.74, 6) is -0.707. The molecule has 1 atom stereocenters. The minimum Gasteiger partial charge on any atom is -0.506 e. The molecular weight excluding hydrogens is 358 g/mol. The second-order valence-electron chi connectivity index (χ2n) is 6.26. The van der Waals surface area contributed by atoms with Crippen molar-refractivity contribution in [3.63, 3.8) is 0 Å². The third kappa shape index (κ3) is 4.06. The van der Waals surface area contributed by atoms with Crippen LogP contribution in [0.25, 0.3) is 10.8 Å². The number of fused-ring (bicyclic) bond motifs is 1. The number of aromatic hydroxyl groups is 1. The number of ether oxygens (including phenoxy) is 2. The minimum absolute atomic E-state index is 0.0167. The number of hydrogen-bond donors (Lipinski definition) is 2. The Morgan fingerprint density at radius 2 is 1.75 bits per heavy atom. The number of amides is 1. The molecule has 0 spiro atoms. The molecule has 3 aromatic rings. The van der Waals surface area contributed by atoms with Crippen molar-refractivity contribution in [2.24, 2.45) is 0 Å². The molecule has 0 aliphatic carbocycles. The maximum absolute atomic E-state index is 12.4. The van der Waals surface area contributed by atoms with Crippen LogP contribution in [-0.2, 0) is 16.1 Å². The van der Waals surface area contributed by atoms with Crippen molar-refractivity contribution in [3.05, 3.63) is 71.8 Å². The number of carbonyl (C=O) groups excluding carboxylic acids is 2. The number of nitrogens with one attached hydrogen (secondary N) is 1. The van der Waals surface area contributed by atoms with Gasteiger partial charge in [0.1, 0.15) is 17.1 Å². The number of esters is 1. The molecule has 2 N–H and O–H groups in total. The molecule has 1 amide bonds. The van der Waals surface area contributed by atoms with Gasteiger partial charge < -0.3 is 19.9 Å². The summed E-state index contributed by atoms with van der Waals surface area (Å²) >= 11 is 0. The number of rotatable bonds is 6. The Bertz CT molecular complexity index is 1010. The molecule has 0 aliphatic heterocycles. The van der Waals surface area contributed by atoms with E-state index in [9.17, 15) is 14.7 Å². The zero-order valence-corrected chi connectivity index (χ0v) is 15.6. The van der Waals surface area contributed by atoms with E-state index in [1.165, 1.54) is 13.0 Å². The van der Waals surface area contributed by atoms with Crippen molar-refractivity contribution in [1.82, 2.24) is 5.32 Å². The second kappa shape index (κ2) is 8.43. The van der Waals surface area contributed by atoms with Gasteiger partial charge >= 0.3 is 5.97 Å². The first-order valence-electron chi connectivity index (χ1n) is 8.82. The zero-order valence-electron chi connectivity index (χ0n) is 15.6. The molecular formula is C22H21NO5. The first kappa shape index (κ1) is 19.2. The summed E-state index contributed by atoms with van der Waals surface area (Å²) in [5.41, 5.74) is 0.826. The van der Waals surface area contributed by atoms with Gasteiger partial charge in [-0.15, -0.1) is 0 Å². The van der Waals surface area contributed by atoms with E-state index < -0.39 is 18.0 Å². The highest BCUT2D eigenvalue weighted by Gasteiger charge is 2.22. The number of carbonyl (C=O) groups is 2. The average Bonchev–Trinajstić information content (AvgIpc) is 2.72. The Labute approximate surface area is 162 Å². The lowest BCUT2D eigenvalue weighted by molar-refractivity contribution is -0.129. The molecule has 0 bridgehead atoms. The number of para-hydroxylation sites is 1. The van der Waals surface area contributed by atoms with Crippen LogP contribution in [0, 0.1) is 0 Å². The van der Waals surface area contributed by atoms with E-state index in [-0.39, 0.29) is 17.9 Å². The summed E-state index contributed by atoms with van der Waals surface area (Å²) in [6, 6.07) is 17.7. The summed E-state index contributed by atoms with van der Waals surface area (Å²) in [6.07, 6.45) is -1.02. The smallest absolute Gasteiger partial charge is 0.342 e. The summed E-state index contributed by atoms with van der Waals surface area (Å²) < 4.78 is 10.5. The normalized spacial score (nSPS) is 11.6. The fourth-order valence-electron chi connectivity index (χ4n) is 2.87. The predicted octanol–water partition coefficient (Wildman–Crippen LogP) is 3.42. The molecule has 144 valence electrons. The van der Waals surface area contributed by atoms with Gasteiger partial charge in [-0.25, -0.2) is 4.79 Å². The SMILES string of the molecule is COc1ccccc1CNC(=O)[C@@H](C)OC(=O)c1ccc2ccccc2c1O. The fraction of sp³-hybridized carbons (Fsp3) is 0.182. The third-order valence-electron chi connectivity index (χ3n) is 4.42. The van der Waals surface area contributed by atoms with Gasteiger partial charge in [0, 0.05) is 17.5 Å². The molecule has 0 aliphatic rings. The molecule has 28 heavy (non-hydrogen) atoms. The highest BCUT2D eigenvalue weighted by Crippen LogP contribution is 2.29. The molecule has 0 fully saturated rings. The lowest BCUT2D eigenvalue weighted by Crippen LogP contribution is -2.35. The molecule has 0 heterocycles. The molecule has 0 saturated carbocycles. The van der Waals surface area contributed by atoms with Crippen LogP contribution >= 0.6 is 0 Å². The Morgan fingerprint density at radius 1 is 1.04 bits per heavy atom. The molecule has 3 aromatic carbocycles. The van der Waals surface area contributed by atoms with Gasteiger partial charge in [0.05, 0.1) is 7.11 Å². The number of benzene rings is 3. The van der Waals surface area contributed by atoms with Gasteiger partial charge in [-0.3, -0.25) is 4.79 Å². The lowest BCUT2D eigenvalue weighted by Gasteiger charge is -2.15. The number of hydrogen-bond acceptors (Lipinski definition) is 5. The number of phenols is 1. The number of methoxy groups -OCH3 is 1. The van der Waals surface area contributed by atoms with Crippen molar-refractivity contribution in [1.29, 1.82) is 0 Å². The van der Waals surface area contributed by atoms with Gasteiger partial charge in [0.2, 0.25) is 0 Å². The molecule has 0 aromatic heterocycles. The van der Waals surface area contributed by atoms with Crippen LogP contribution in [0.3, 0.4) is 0 Å². The Balaban J connectivity index is 1.65. The molecule has 0 unspecified atom stereocenters. The maximum Gasteiger partial charge on any atom is 0.342 e. The second-order valence-corrected chi connectivity index (χ2v) is 6.26. The quantitative estimate of drug-likeness (QED) is 0.641. The third-order valence-corrected chi connectivity index (χ3v) is 4.42. The average molecular weight is 379 g/mol. The van der Waals surface area contributed by atoms with Crippen LogP contribution < -0.4 is 10.1 Å². The van der Waals surface area contributed by atoms with Gasteiger partial charge in [0.15, 0.2) is 6.10 Å². The Morgan fingerprint density at radius 3 is 2.54 bits per heavy atom. The molecule has 6 nitrogen and oxygen atoms in total.